The van der Waals surface area contributed by atoms with Gasteiger partial charge in [-0.3, -0.25) is 0 Å². The number of hydrogen-bond donors (Lipinski definition) is 2. The maximum Gasteiger partial charge on any atom is 0.341 e. The topological polar surface area (TPSA) is 139 Å². The highest BCUT2D eigenvalue weighted by Crippen LogP contribution is 2.38. The summed E-state index contributed by atoms with van der Waals surface area (Å²) >= 11 is 0. The number of para-hydroxylation sites is 4. The smallest absolute Gasteiger partial charge is 0.341 e. The van der Waals surface area contributed by atoms with Crippen molar-refractivity contribution in [2.45, 2.75) is 25.7 Å². The van der Waals surface area contributed by atoms with Gasteiger partial charge >= 0.3 is 11.9 Å². The molecule has 268 valence electrons. The number of aliphatic carboxylic acids is 2. The van der Waals surface area contributed by atoms with Crippen LogP contribution >= 0.6 is 0 Å². The van der Waals surface area contributed by atoms with Crippen molar-refractivity contribution in [1.29, 1.82) is 0 Å². The summed E-state index contributed by atoms with van der Waals surface area (Å²) in [6.07, 6.45) is 1.57. The van der Waals surface area contributed by atoms with Gasteiger partial charge in [-0.05, 0) is 44.5 Å². The molecule has 1 aliphatic heterocycles. The Morgan fingerprint density at radius 2 is 0.725 bits per heavy atom. The molecule has 4 aromatic rings. The van der Waals surface area contributed by atoms with Crippen molar-refractivity contribution in [3.63, 3.8) is 0 Å². The molecule has 1 heterocycles. The number of carboxylic acids is 2. The molecule has 0 fully saturated rings. The number of fused-ring (bicyclic) bond motifs is 2. The van der Waals surface area contributed by atoms with E-state index in [1.54, 1.807) is 0 Å². The third kappa shape index (κ3) is 9.57. The molecule has 0 atom stereocenters. The molecule has 4 aromatic carbocycles. The van der Waals surface area contributed by atoms with Crippen molar-refractivity contribution < 1.29 is 53.0 Å². The van der Waals surface area contributed by atoms with Crippen LogP contribution in [0.3, 0.4) is 0 Å². The first-order chi connectivity index (χ1) is 25.0. The van der Waals surface area contributed by atoms with Crippen molar-refractivity contribution in [3.05, 3.63) is 117 Å². The van der Waals surface area contributed by atoms with E-state index in [4.69, 9.17) is 33.2 Å². The van der Waals surface area contributed by atoms with Crippen LogP contribution in [0.1, 0.15) is 44.5 Å². The van der Waals surface area contributed by atoms with E-state index in [-0.39, 0.29) is 13.2 Å². The summed E-state index contributed by atoms with van der Waals surface area (Å²) in [6.45, 7) is 1.85. The third-order valence-corrected chi connectivity index (χ3v) is 8.61. The highest BCUT2D eigenvalue weighted by atomic mass is 16.6. The van der Waals surface area contributed by atoms with E-state index in [0.29, 0.717) is 88.3 Å². The van der Waals surface area contributed by atoms with E-state index in [1.807, 2.05) is 72.8 Å². The van der Waals surface area contributed by atoms with E-state index in [2.05, 4.69) is 0 Å². The lowest BCUT2D eigenvalue weighted by molar-refractivity contribution is -0.140. The first-order valence-electron chi connectivity index (χ1n) is 17.1. The largest absolute Gasteiger partial charge is 0.491 e. The van der Waals surface area contributed by atoms with Gasteiger partial charge < -0.3 is 43.4 Å². The van der Waals surface area contributed by atoms with Crippen LogP contribution in [0.25, 0.3) is 0 Å². The highest BCUT2D eigenvalue weighted by molar-refractivity contribution is 5.69. The van der Waals surface area contributed by atoms with Gasteiger partial charge in [-0.25, -0.2) is 9.59 Å². The van der Waals surface area contributed by atoms with Crippen LogP contribution in [0.5, 0.6) is 23.0 Å². The molecule has 11 heteroatoms. The Morgan fingerprint density at radius 1 is 0.451 bits per heavy atom. The summed E-state index contributed by atoms with van der Waals surface area (Å²) in [6, 6.07) is 23.5. The minimum absolute atomic E-state index is 0.273. The van der Waals surface area contributed by atoms with E-state index < -0.39 is 25.2 Å². The number of carbonyl (C=O) groups is 2. The zero-order chi connectivity index (χ0) is 35.4. The third-order valence-electron chi connectivity index (χ3n) is 8.61. The Labute approximate surface area is 296 Å². The van der Waals surface area contributed by atoms with E-state index >= 15 is 0 Å². The Bertz CT molecular complexity index is 1600. The van der Waals surface area contributed by atoms with Gasteiger partial charge in [-0.1, -0.05) is 72.8 Å². The van der Waals surface area contributed by atoms with Gasteiger partial charge in [-0.2, -0.15) is 0 Å². The maximum absolute atomic E-state index is 11.7. The quantitative estimate of drug-likeness (QED) is 0.245. The SMILES string of the molecule is O=C(O)COc1c2cccc1Cc1cccc3c1OCCOCCOCCOCCOc1c(cccc1Cc1cccc(c1OCC(=O)O)C3)C2. The summed E-state index contributed by atoms with van der Waals surface area (Å²) in [5.41, 5.74) is 6.71. The summed E-state index contributed by atoms with van der Waals surface area (Å²) in [5.74, 6) is 0.180. The molecule has 10 bridgehead atoms. The second-order valence-electron chi connectivity index (χ2n) is 12.2. The molecule has 0 aromatic heterocycles. The number of ether oxygens (including phenoxy) is 7. The van der Waals surface area contributed by atoms with Crippen molar-refractivity contribution in [1.82, 2.24) is 0 Å². The second kappa shape index (κ2) is 17.7. The molecule has 0 unspecified atom stereocenters. The van der Waals surface area contributed by atoms with Crippen LogP contribution in [0.15, 0.2) is 72.8 Å². The molecular weight excluding hydrogens is 656 g/mol. The van der Waals surface area contributed by atoms with Crippen LogP contribution in [0.4, 0.5) is 0 Å². The summed E-state index contributed by atoms with van der Waals surface area (Å²) < 4.78 is 42.3. The fraction of sp³-hybridized carbons (Fsp3) is 0.350. The molecule has 0 saturated carbocycles. The van der Waals surface area contributed by atoms with Gasteiger partial charge in [0, 0.05) is 25.7 Å². The number of rotatable bonds is 6. The van der Waals surface area contributed by atoms with Gasteiger partial charge in [0.15, 0.2) is 13.2 Å². The first-order valence-corrected chi connectivity index (χ1v) is 17.1. The van der Waals surface area contributed by atoms with Crippen LogP contribution in [0.2, 0.25) is 0 Å². The zero-order valence-corrected chi connectivity index (χ0v) is 28.4. The van der Waals surface area contributed by atoms with Crippen molar-refractivity contribution in [2.75, 3.05) is 66.1 Å². The van der Waals surface area contributed by atoms with E-state index in [1.165, 1.54) is 0 Å². The van der Waals surface area contributed by atoms with Gasteiger partial charge in [0.05, 0.1) is 39.6 Å². The highest BCUT2D eigenvalue weighted by Gasteiger charge is 2.22. The van der Waals surface area contributed by atoms with Crippen LogP contribution in [-0.4, -0.2) is 88.2 Å². The lowest BCUT2D eigenvalue weighted by atomic mass is 9.91. The minimum Gasteiger partial charge on any atom is -0.491 e. The molecule has 2 aliphatic rings. The number of hydrogen-bond acceptors (Lipinski definition) is 9. The Balaban J connectivity index is 1.54. The van der Waals surface area contributed by atoms with Gasteiger partial charge in [0.25, 0.3) is 0 Å². The molecule has 0 radical (unpaired) electrons. The van der Waals surface area contributed by atoms with Gasteiger partial charge in [-0.15, -0.1) is 0 Å². The zero-order valence-electron chi connectivity index (χ0n) is 28.4. The van der Waals surface area contributed by atoms with Crippen molar-refractivity contribution >= 4 is 11.9 Å². The normalized spacial score (nSPS) is 15.5. The predicted octanol–water partition coefficient (Wildman–Crippen LogP) is 5.11. The fourth-order valence-corrected chi connectivity index (χ4v) is 6.44. The standard InChI is InChI=1S/C40H42O11/c41-35(42)25-50-39-31-9-3-11-33(39)23-29-7-2-8-30-24-34-12-4-10-32(40(34)51-26-36(43)44)22-28-6-1-5-27(21-31)37(28)48-19-17-46-15-13-45-14-16-47-18-20-49-38(29)30/h1-12H,13-26H2,(H,41,42)(H,43,44). The average molecular weight is 699 g/mol. The molecule has 0 saturated heterocycles. The van der Waals surface area contributed by atoms with E-state index in [0.717, 1.165) is 44.5 Å². The molecule has 6 rings (SSSR count). The number of benzene rings is 4. The Morgan fingerprint density at radius 3 is 1.02 bits per heavy atom. The Hall–Kier alpha value is -5.10. The molecule has 11 nitrogen and oxygen atoms in total. The molecule has 0 amide bonds. The van der Waals surface area contributed by atoms with Crippen LogP contribution < -0.4 is 18.9 Å². The molecule has 0 spiro atoms. The predicted molar refractivity (Wildman–Crippen MR) is 187 cm³/mol. The summed E-state index contributed by atoms with van der Waals surface area (Å²) in [5, 5.41) is 19.2. The molecule has 2 N–H and O–H groups in total. The molecule has 51 heavy (non-hydrogen) atoms. The Kier molecular flexibility index (Phi) is 12.4. The minimum atomic E-state index is -1.07. The average Bonchev–Trinajstić information content (AvgIpc) is 3.10. The lowest BCUT2D eigenvalue weighted by Gasteiger charge is -2.22. The van der Waals surface area contributed by atoms with E-state index in [9.17, 15) is 19.8 Å². The first kappa shape index (κ1) is 35.7. The molecular formula is C40H42O11. The monoisotopic (exact) mass is 698 g/mol. The number of carboxylic acid groups (broad SMARTS) is 2. The van der Waals surface area contributed by atoms with Crippen LogP contribution in [-0.2, 0) is 49.5 Å². The van der Waals surface area contributed by atoms with Crippen LogP contribution in [0, 0.1) is 0 Å². The summed E-state index contributed by atoms with van der Waals surface area (Å²) in [7, 11) is 0. The second-order valence-corrected chi connectivity index (χ2v) is 12.2. The van der Waals surface area contributed by atoms with Crippen molar-refractivity contribution in [2.24, 2.45) is 0 Å². The lowest BCUT2D eigenvalue weighted by Crippen LogP contribution is -2.16. The van der Waals surface area contributed by atoms with Gasteiger partial charge in [0.1, 0.15) is 36.2 Å². The van der Waals surface area contributed by atoms with Gasteiger partial charge in [0.2, 0.25) is 0 Å². The summed E-state index contributed by atoms with van der Waals surface area (Å²) in [4.78, 5) is 23.5. The fourth-order valence-electron chi connectivity index (χ4n) is 6.44. The molecule has 1 aliphatic carbocycles. The maximum atomic E-state index is 11.7. The van der Waals surface area contributed by atoms with Crippen molar-refractivity contribution in [3.8, 4) is 23.0 Å².